The highest BCUT2D eigenvalue weighted by Gasteiger charge is 2.36. The Balaban J connectivity index is 1.61. The molecule has 3 nitrogen and oxygen atoms in total. The standard InChI is InChI=1S/C21H28F3NO2/c22-21(23,24)19(26)10-6-1-2-7-11-20(27)25-18-14-12-17(13-15-18)16-8-4-3-5-9-16/h12-16H,1-11H2,(H,25,27). The maximum absolute atomic E-state index is 12.1. The van der Waals surface area contributed by atoms with Gasteiger partial charge in [0, 0.05) is 18.5 Å². The Hall–Kier alpha value is -1.85. The van der Waals surface area contributed by atoms with Crippen LogP contribution >= 0.6 is 0 Å². The quantitative estimate of drug-likeness (QED) is 0.520. The average molecular weight is 383 g/mol. The fourth-order valence-corrected chi connectivity index (χ4v) is 3.56. The average Bonchev–Trinajstić information content (AvgIpc) is 2.65. The van der Waals surface area contributed by atoms with Crippen LogP contribution in [0.3, 0.4) is 0 Å². The van der Waals surface area contributed by atoms with Crippen LogP contribution < -0.4 is 5.32 Å². The molecule has 0 unspecified atom stereocenters. The van der Waals surface area contributed by atoms with E-state index in [0.717, 1.165) is 5.69 Å². The van der Waals surface area contributed by atoms with E-state index in [-0.39, 0.29) is 12.3 Å². The molecule has 1 saturated carbocycles. The number of ketones is 1. The monoisotopic (exact) mass is 383 g/mol. The van der Waals surface area contributed by atoms with Crippen molar-refractivity contribution in [2.45, 2.75) is 82.7 Å². The first-order valence-electron chi connectivity index (χ1n) is 9.86. The molecule has 27 heavy (non-hydrogen) atoms. The maximum Gasteiger partial charge on any atom is 0.449 e. The second-order valence-corrected chi connectivity index (χ2v) is 7.34. The van der Waals surface area contributed by atoms with E-state index in [2.05, 4.69) is 17.4 Å². The van der Waals surface area contributed by atoms with Crippen molar-refractivity contribution in [1.82, 2.24) is 0 Å². The number of Topliss-reactive ketones (excluding diaryl/α,β-unsaturated/α-hetero) is 1. The Morgan fingerprint density at radius 2 is 1.48 bits per heavy atom. The fraction of sp³-hybridized carbons (Fsp3) is 0.619. The van der Waals surface area contributed by atoms with Crippen LogP contribution in [0, 0.1) is 0 Å². The lowest BCUT2D eigenvalue weighted by atomic mass is 9.84. The van der Waals surface area contributed by atoms with Gasteiger partial charge in [0.1, 0.15) is 0 Å². The van der Waals surface area contributed by atoms with E-state index >= 15 is 0 Å². The van der Waals surface area contributed by atoms with Crippen LogP contribution in [0.1, 0.15) is 82.1 Å². The van der Waals surface area contributed by atoms with Crippen molar-refractivity contribution in [2.24, 2.45) is 0 Å². The molecule has 1 N–H and O–H groups in total. The van der Waals surface area contributed by atoms with Crippen molar-refractivity contribution in [1.29, 1.82) is 0 Å². The molecule has 0 heterocycles. The van der Waals surface area contributed by atoms with Gasteiger partial charge in [-0.1, -0.05) is 44.2 Å². The highest BCUT2D eigenvalue weighted by molar-refractivity contribution is 5.90. The number of carbonyl (C=O) groups excluding carboxylic acids is 2. The van der Waals surface area contributed by atoms with Crippen molar-refractivity contribution >= 4 is 17.4 Å². The van der Waals surface area contributed by atoms with Gasteiger partial charge in [0.05, 0.1) is 0 Å². The summed E-state index contributed by atoms with van der Waals surface area (Å²) in [7, 11) is 0. The molecule has 1 fully saturated rings. The number of halogens is 3. The van der Waals surface area contributed by atoms with E-state index in [1.54, 1.807) is 0 Å². The number of amides is 1. The van der Waals surface area contributed by atoms with Crippen LogP contribution in [-0.2, 0) is 9.59 Å². The largest absolute Gasteiger partial charge is 0.449 e. The number of nitrogens with one attached hydrogen (secondary N) is 1. The van der Waals surface area contributed by atoms with Gasteiger partial charge in [-0.2, -0.15) is 13.2 Å². The molecule has 1 aliphatic rings. The molecule has 0 spiro atoms. The Kier molecular flexibility index (Phi) is 8.32. The van der Waals surface area contributed by atoms with Gasteiger partial charge in [0.15, 0.2) is 0 Å². The summed E-state index contributed by atoms with van der Waals surface area (Å²) in [5, 5.41) is 2.86. The molecule has 1 aliphatic carbocycles. The van der Waals surface area contributed by atoms with Crippen LogP contribution in [0.2, 0.25) is 0 Å². The van der Waals surface area contributed by atoms with Crippen molar-refractivity contribution in [2.75, 3.05) is 5.32 Å². The zero-order chi connectivity index (χ0) is 19.7. The van der Waals surface area contributed by atoms with Gasteiger partial charge in [-0.25, -0.2) is 0 Å². The van der Waals surface area contributed by atoms with E-state index < -0.39 is 18.4 Å². The van der Waals surface area contributed by atoms with Crippen molar-refractivity contribution in [3.63, 3.8) is 0 Å². The van der Waals surface area contributed by atoms with E-state index in [9.17, 15) is 22.8 Å². The SMILES string of the molecule is O=C(CCCCCCC(=O)C(F)(F)F)Nc1ccc(C2CCCCC2)cc1. The third kappa shape index (κ3) is 7.73. The number of hydrogen-bond acceptors (Lipinski definition) is 2. The first-order valence-corrected chi connectivity index (χ1v) is 9.86. The molecular weight excluding hydrogens is 355 g/mol. The van der Waals surface area contributed by atoms with Gasteiger partial charge in [-0.15, -0.1) is 0 Å². The van der Waals surface area contributed by atoms with Crippen LogP contribution in [0.4, 0.5) is 18.9 Å². The molecule has 2 rings (SSSR count). The van der Waals surface area contributed by atoms with E-state index in [1.807, 2.05) is 12.1 Å². The number of hydrogen-bond donors (Lipinski definition) is 1. The molecular formula is C21H28F3NO2. The fourth-order valence-electron chi connectivity index (χ4n) is 3.56. The number of alkyl halides is 3. The molecule has 0 bridgehead atoms. The number of rotatable bonds is 9. The number of benzene rings is 1. The van der Waals surface area contributed by atoms with E-state index in [0.29, 0.717) is 31.6 Å². The first kappa shape index (κ1) is 21.5. The van der Waals surface area contributed by atoms with Crippen LogP contribution in [0.25, 0.3) is 0 Å². The summed E-state index contributed by atoms with van der Waals surface area (Å²) < 4.78 is 36.2. The summed E-state index contributed by atoms with van der Waals surface area (Å²) in [6.07, 6.45) is 3.47. The minimum Gasteiger partial charge on any atom is -0.326 e. The summed E-state index contributed by atoms with van der Waals surface area (Å²) in [5.74, 6) is -1.13. The zero-order valence-electron chi connectivity index (χ0n) is 15.6. The molecule has 6 heteroatoms. The normalized spacial score (nSPS) is 15.5. The number of anilines is 1. The Labute approximate surface area is 158 Å². The molecule has 0 saturated heterocycles. The summed E-state index contributed by atoms with van der Waals surface area (Å²) in [5.41, 5.74) is 2.11. The minimum absolute atomic E-state index is 0.0909. The summed E-state index contributed by atoms with van der Waals surface area (Å²) >= 11 is 0. The lowest BCUT2D eigenvalue weighted by Crippen LogP contribution is -2.22. The summed E-state index contributed by atoms with van der Waals surface area (Å²) in [4.78, 5) is 22.7. The Bertz CT molecular complexity index is 605. The summed E-state index contributed by atoms with van der Waals surface area (Å²) in [6.45, 7) is 0. The van der Waals surface area contributed by atoms with Crippen molar-refractivity contribution in [3.8, 4) is 0 Å². The van der Waals surface area contributed by atoms with Gasteiger partial charge >= 0.3 is 6.18 Å². The topological polar surface area (TPSA) is 46.2 Å². The second kappa shape index (κ2) is 10.5. The molecule has 0 atom stereocenters. The zero-order valence-corrected chi connectivity index (χ0v) is 15.6. The van der Waals surface area contributed by atoms with E-state index in [1.165, 1.54) is 37.7 Å². The van der Waals surface area contributed by atoms with Crippen LogP contribution in [0.5, 0.6) is 0 Å². The first-order chi connectivity index (χ1) is 12.9. The molecule has 0 aliphatic heterocycles. The molecule has 1 amide bonds. The van der Waals surface area contributed by atoms with Crippen molar-refractivity contribution in [3.05, 3.63) is 29.8 Å². The molecule has 150 valence electrons. The minimum atomic E-state index is -4.73. The van der Waals surface area contributed by atoms with Gasteiger partial charge in [0.2, 0.25) is 11.7 Å². The van der Waals surface area contributed by atoms with Crippen LogP contribution in [-0.4, -0.2) is 17.9 Å². The smallest absolute Gasteiger partial charge is 0.326 e. The lowest BCUT2D eigenvalue weighted by molar-refractivity contribution is -0.171. The molecule has 0 aromatic heterocycles. The van der Waals surface area contributed by atoms with Gasteiger partial charge in [-0.05, 0) is 49.3 Å². The highest BCUT2D eigenvalue weighted by Crippen LogP contribution is 2.33. The Morgan fingerprint density at radius 1 is 0.889 bits per heavy atom. The molecule has 1 aromatic rings. The van der Waals surface area contributed by atoms with E-state index in [4.69, 9.17) is 0 Å². The second-order valence-electron chi connectivity index (χ2n) is 7.34. The molecule has 1 aromatic carbocycles. The van der Waals surface area contributed by atoms with Gasteiger partial charge < -0.3 is 5.32 Å². The lowest BCUT2D eigenvalue weighted by Gasteiger charge is -2.22. The summed E-state index contributed by atoms with van der Waals surface area (Å²) in [6, 6.07) is 8.04. The third-order valence-electron chi connectivity index (χ3n) is 5.14. The maximum atomic E-state index is 12.1. The third-order valence-corrected chi connectivity index (χ3v) is 5.14. The van der Waals surface area contributed by atoms with Gasteiger partial charge in [0.25, 0.3) is 0 Å². The number of unbranched alkanes of at least 4 members (excludes halogenated alkanes) is 3. The van der Waals surface area contributed by atoms with Crippen molar-refractivity contribution < 1.29 is 22.8 Å². The number of carbonyl (C=O) groups is 2. The highest BCUT2D eigenvalue weighted by atomic mass is 19.4. The molecule has 0 radical (unpaired) electrons. The Morgan fingerprint density at radius 3 is 2.07 bits per heavy atom. The van der Waals surface area contributed by atoms with Gasteiger partial charge in [-0.3, -0.25) is 9.59 Å². The predicted molar refractivity (Wildman–Crippen MR) is 99.7 cm³/mol. The predicted octanol–water partition coefficient (Wildman–Crippen LogP) is 6.14. The van der Waals surface area contributed by atoms with Crippen LogP contribution in [0.15, 0.2) is 24.3 Å².